The highest BCUT2D eigenvalue weighted by atomic mass is 19.4. The number of fused-ring (bicyclic) bond motifs is 1. The van der Waals surface area contributed by atoms with Crippen molar-refractivity contribution in [2.24, 2.45) is 0 Å². The van der Waals surface area contributed by atoms with Crippen molar-refractivity contribution in [3.05, 3.63) is 17.6 Å². The molecule has 9 heteroatoms. The molecule has 2 aromatic rings. The van der Waals surface area contributed by atoms with Gasteiger partial charge in [0.1, 0.15) is 0 Å². The summed E-state index contributed by atoms with van der Waals surface area (Å²) < 4.78 is 45.1. The van der Waals surface area contributed by atoms with Crippen LogP contribution in [0.25, 0.3) is 5.78 Å². The summed E-state index contributed by atoms with van der Waals surface area (Å²) in [6.07, 6.45) is 1.36. The molecule has 0 amide bonds. The van der Waals surface area contributed by atoms with Gasteiger partial charge in [0, 0.05) is 18.7 Å². The molecule has 0 atom stereocenters. The summed E-state index contributed by atoms with van der Waals surface area (Å²) in [7, 11) is 2.02. The first kappa shape index (κ1) is 17.9. The van der Waals surface area contributed by atoms with Crippen molar-refractivity contribution in [3.63, 3.8) is 0 Å². The minimum atomic E-state index is -4.61. The van der Waals surface area contributed by atoms with Crippen molar-refractivity contribution in [3.8, 4) is 5.88 Å². The summed E-state index contributed by atoms with van der Waals surface area (Å²) in [4.78, 5) is 9.98. The normalized spacial score (nSPS) is 16.7. The van der Waals surface area contributed by atoms with E-state index in [1.54, 1.807) is 13.0 Å². The summed E-state index contributed by atoms with van der Waals surface area (Å²) >= 11 is 0. The number of halogens is 3. The summed E-state index contributed by atoms with van der Waals surface area (Å²) in [5.74, 6) is -1.08. The third kappa shape index (κ3) is 4.02. The summed E-state index contributed by atoms with van der Waals surface area (Å²) in [6, 6.07) is 2.12. The SMILES string of the molecule is CCOc1cc(CN(C)C2CCCCC2)nc2nc(C(F)(F)F)nn12. The zero-order valence-corrected chi connectivity index (χ0v) is 14.4. The molecule has 0 radical (unpaired) electrons. The van der Waals surface area contributed by atoms with Crippen LogP contribution in [-0.2, 0) is 12.7 Å². The average molecular weight is 357 g/mol. The van der Waals surface area contributed by atoms with E-state index in [4.69, 9.17) is 4.74 Å². The maximum Gasteiger partial charge on any atom is 0.453 e. The molecule has 0 spiro atoms. The monoisotopic (exact) mass is 357 g/mol. The van der Waals surface area contributed by atoms with E-state index in [2.05, 4.69) is 20.0 Å². The van der Waals surface area contributed by atoms with Crippen LogP contribution in [0.5, 0.6) is 5.88 Å². The van der Waals surface area contributed by atoms with E-state index in [1.165, 1.54) is 19.3 Å². The fourth-order valence-electron chi connectivity index (χ4n) is 3.25. The fourth-order valence-corrected chi connectivity index (χ4v) is 3.25. The minimum Gasteiger partial charge on any atom is -0.478 e. The molecule has 1 fully saturated rings. The van der Waals surface area contributed by atoms with E-state index in [-0.39, 0.29) is 11.7 Å². The van der Waals surface area contributed by atoms with Crippen LogP contribution < -0.4 is 4.74 Å². The molecule has 138 valence electrons. The number of hydrogen-bond donors (Lipinski definition) is 0. The number of alkyl halides is 3. The molecule has 0 bridgehead atoms. The highest BCUT2D eigenvalue weighted by Crippen LogP contribution is 2.28. The maximum absolute atomic E-state index is 12.9. The van der Waals surface area contributed by atoms with E-state index in [1.807, 2.05) is 7.05 Å². The second-order valence-corrected chi connectivity index (χ2v) is 6.37. The van der Waals surface area contributed by atoms with Crippen LogP contribution in [0.2, 0.25) is 0 Å². The highest BCUT2D eigenvalue weighted by Gasteiger charge is 2.37. The molecule has 0 aromatic carbocycles. The van der Waals surface area contributed by atoms with Crippen molar-refractivity contribution in [1.29, 1.82) is 0 Å². The van der Waals surface area contributed by atoms with Crippen LogP contribution in [0, 0.1) is 0 Å². The van der Waals surface area contributed by atoms with Gasteiger partial charge in [0.2, 0.25) is 5.88 Å². The van der Waals surface area contributed by atoms with Crippen molar-refractivity contribution >= 4 is 5.78 Å². The largest absolute Gasteiger partial charge is 0.478 e. The molecule has 2 heterocycles. The summed E-state index contributed by atoms with van der Waals surface area (Å²) in [6.45, 7) is 2.62. The van der Waals surface area contributed by atoms with Crippen molar-refractivity contribution in [1.82, 2.24) is 24.5 Å². The van der Waals surface area contributed by atoms with Crippen LogP contribution in [0.4, 0.5) is 13.2 Å². The Morgan fingerprint density at radius 3 is 2.60 bits per heavy atom. The second-order valence-electron chi connectivity index (χ2n) is 6.37. The van der Waals surface area contributed by atoms with Gasteiger partial charge in [0.25, 0.3) is 11.6 Å². The molecule has 0 N–H and O–H groups in total. The van der Waals surface area contributed by atoms with E-state index in [0.29, 0.717) is 24.9 Å². The lowest BCUT2D eigenvalue weighted by Gasteiger charge is -2.30. The quantitative estimate of drug-likeness (QED) is 0.822. The van der Waals surface area contributed by atoms with Crippen molar-refractivity contribution in [2.75, 3.05) is 13.7 Å². The lowest BCUT2D eigenvalue weighted by Crippen LogP contribution is -2.33. The average Bonchev–Trinajstić information content (AvgIpc) is 3.00. The predicted molar refractivity (Wildman–Crippen MR) is 85.3 cm³/mol. The number of ether oxygens (including phenoxy) is 1. The number of hydrogen-bond acceptors (Lipinski definition) is 5. The van der Waals surface area contributed by atoms with Gasteiger partial charge in [0.05, 0.1) is 12.3 Å². The molecular weight excluding hydrogens is 335 g/mol. The third-order valence-corrected chi connectivity index (χ3v) is 4.49. The van der Waals surface area contributed by atoms with Gasteiger partial charge in [-0.2, -0.15) is 22.7 Å². The Balaban J connectivity index is 1.89. The maximum atomic E-state index is 12.9. The molecular formula is C16H22F3N5O. The van der Waals surface area contributed by atoms with Crippen LogP contribution >= 0.6 is 0 Å². The Morgan fingerprint density at radius 1 is 1.24 bits per heavy atom. The topological polar surface area (TPSA) is 55.5 Å². The van der Waals surface area contributed by atoms with E-state index < -0.39 is 12.0 Å². The van der Waals surface area contributed by atoms with Gasteiger partial charge in [-0.15, -0.1) is 5.10 Å². The van der Waals surface area contributed by atoms with Gasteiger partial charge in [-0.3, -0.25) is 4.90 Å². The number of rotatable bonds is 5. The van der Waals surface area contributed by atoms with Crippen molar-refractivity contribution < 1.29 is 17.9 Å². The molecule has 0 saturated heterocycles. The minimum absolute atomic E-state index is 0.0923. The van der Waals surface area contributed by atoms with Gasteiger partial charge in [-0.25, -0.2) is 4.98 Å². The smallest absolute Gasteiger partial charge is 0.453 e. The van der Waals surface area contributed by atoms with Gasteiger partial charge in [-0.05, 0) is 26.8 Å². The Kier molecular flexibility index (Phi) is 5.12. The van der Waals surface area contributed by atoms with E-state index >= 15 is 0 Å². The van der Waals surface area contributed by atoms with Gasteiger partial charge in [-0.1, -0.05) is 19.3 Å². The molecule has 25 heavy (non-hydrogen) atoms. The second kappa shape index (κ2) is 7.15. The Hall–Kier alpha value is -1.90. The van der Waals surface area contributed by atoms with E-state index in [9.17, 15) is 13.2 Å². The molecule has 1 aliphatic carbocycles. The van der Waals surface area contributed by atoms with Gasteiger partial charge < -0.3 is 4.74 Å². The molecule has 0 aliphatic heterocycles. The number of nitrogens with zero attached hydrogens (tertiary/aromatic N) is 5. The van der Waals surface area contributed by atoms with Crippen LogP contribution in [0.1, 0.15) is 50.5 Å². The van der Waals surface area contributed by atoms with Crippen LogP contribution in [-0.4, -0.2) is 44.2 Å². The van der Waals surface area contributed by atoms with Gasteiger partial charge in [0.15, 0.2) is 0 Å². The molecule has 1 aliphatic rings. The molecule has 6 nitrogen and oxygen atoms in total. The first-order valence-electron chi connectivity index (χ1n) is 8.55. The molecule has 2 aromatic heterocycles. The Labute approximate surface area is 144 Å². The van der Waals surface area contributed by atoms with E-state index in [0.717, 1.165) is 17.4 Å². The Morgan fingerprint density at radius 2 is 1.96 bits per heavy atom. The summed E-state index contributed by atoms with van der Waals surface area (Å²) in [5.41, 5.74) is 0.630. The third-order valence-electron chi connectivity index (χ3n) is 4.49. The van der Waals surface area contributed by atoms with Crippen molar-refractivity contribution in [2.45, 2.75) is 57.8 Å². The molecule has 1 saturated carbocycles. The molecule has 0 unspecified atom stereocenters. The lowest BCUT2D eigenvalue weighted by atomic mass is 9.94. The Bertz CT molecular complexity index is 724. The van der Waals surface area contributed by atoms with Crippen LogP contribution in [0.3, 0.4) is 0 Å². The highest BCUT2D eigenvalue weighted by molar-refractivity contribution is 5.35. The standard InChI is InChI=1S/C16H22F3N5O/c1-3-25-13-9-11(10-23(2)12-7-5-4-6-8-12)20-15-21-14(16(17,18)19)22-24(13)15/h9,12H,3-8,10H2,1-2H3. The zero-order chi connectivity index (χ0) is 18.0. The first-order valence-corrected chi connectivity index (χ1v) is 8.55. The van der Waals surface area contributed by atoms with Crippen LogP contribution in [0.15, 0.2) is 6.07 Å². The fraction of sp³-hybridized carbons (Fsp3) is 0.688. The summed E-state index contributed by atoms with van der Waals surface area (Å²) in [5, 5.41) is 3.49. The lowest BCUT2D eigenvalue weighted by molar-refractivity contribution is -0.144. The number of aromatic nitrogens is 4. The zero-order valence-electron chi connectivity index (χ0n) is 14.4. The predicted octanol–water partition coefficient (Wildman–Crippen LogP) is 3.31. The van der Waals surface area contributed by atoms with Gasteiger partial charge >= 0.3 is 6.18 Å². The molecule has 3 rings (SSSR count). The first-order chi connectivity index (χ1) is 11.9.